The zero-order chi connectivity index (χ0) is 15.8. The summed E-state index contributed by atoms with van der Waals surface area (Å²) in [5.41, 5.74) is 1.27. The highest BCUT2D eigenvalue weighted by atomic mass is 16.5. The zero-order valence-electron chi connectivity index (χ0n) is 13.8. The van der Waals surface area contributed by atoms with Crippen molar-refractivity contribution in [3.8, 4) is 11.5 Å². The maximum atomic E-state index is 8.83. The van der Waals surface area contributed by atoms with Crippen LogP contribution >= 0.6 is 0 Å². The molecule has 0 unspecified atom stereocenters. The molecule has 5 heteroatoms. The van der Waals surface area contributed by atoms with Crippen LogP contribution in [0.5, 0.6) is 11.5 Å². The standard InChI is InChI=1S/C17H28N2O3/c1-18-8-10-19(11-9-18)7-3-4-15-5-6-16(22-13-12-20)17(14-15)21-2/h5-6,14,20H,3-4,7-13H2,1-2H3. The number of hydrogen-bond acceptors (Lipinski definition) is 5. The van der Waals surface area contributed by atoms with Crippen LogP contribution in [0.1, 0.15) is 12.0 Å². The van der Waals surface area contributed by atoms with Crippen molar-refractivity contribution >= 4 is 0 Å². The normalized spacial score (nSPS) is 16.7. The second kappa shape index (κ2) is 8.98. The predicted octanol–water partition coefficient (Wildman–Crippen LogP) is 1.25. The highest BCUT2D eigenvalue weighted by Crippen LogP contribution is 2.28. The number of benzene rings is 1. The third-order valence-corrected chi connectivity index (χ3v) is 4.11. The molecule has 0 amide bonds. The molecule has 124 valence electrons. The fourth-order valence-corrected chi connectivity index (χ4v) is 2.72. The van der Waals surface area contributed by atoms with Crippen molar-refractivity contribution in [2.75, 3.05) is 60.1 Å². The van der Waals surface area contributed by atoms with Crippen molar-refractivity contribution in [3.05, 3.63) is 23.8 Å². The third-order valence-electron chi connectivity index (χ3n) is 4.11. The number of aryl methyl sites for hydroxylation is 1. The number of methoxy groups -OCH3 is 1. The van der Waals surface area contributed by atoms with Gasteiger partial charge in [-0.1, -0.05) is 6.07 Å². The number of aliphatic hydroxyl groups excluding tert-OH is 1. The van der Waals surface area contributed by atoms with Crippen LogP contribution in [0.3, 0.4) is 0 Å². The van der Waals surface area contributed by atoms with Crippen LogP contribution in [0.2, 0.25) is 0 Å². The summed E-state index contributed by atoms with van der Waals surface area (Å²) in [6.45, 7) is 6.14. The minimum Gasteiger partial charge on any atom is -0.493 e. The molecule has 0 saturated carbocycles. The smallest absolute Gasteiger partial charge is 0.161 e. The van der Waals surface area contributed by atoms with Gasteiger partial charge in [0.05, 0.1) is 13.7 Å². The van der Waals surface area contributed by atoms with E-state index in [-0.39, 0.29) is 6.61 Å². The van der Waals surface area contributed by atoms with Crippen molar-refractivity contribution in [1.29, 1.82) is 0 Å². The Hall–Kier alpha value is -1.30. The van der Waals surface area contributed by atoms with E-state index in [1.165, 1.54) is 31.7 Å². The highest BCUT2D eigenvalue weighted by molar-refractivity contribution is 5.43. The third kappa shape index (κ3) is 5.16. The van der Waals surface area contributed by atoms with Gasteiger partial charge >= 0.3 is 0 Å². The second-order valence-electron chi connectivity index (χ2n) is 5.81. The first-order chi connectivity index (χ1) is 10.7. The van der Waals surface area contributed by atoms with Gasteiger partial charge in [0.2, 0.25) is 0 Å². The van der Waals surface area contributed by atoms with E-state index in [9.17, 15) is 0 Å². The predicted molar refractivity (Wildman–Crippen MR) is 87.8 cm³/mol. The monoisotopic (exact) mass is 308 g/mol. The summed E-state index contributed by atoms with van der Waals surface area (Å²) in [5.74, 6) is 1.44. The number of nitrogens with zero attached hydrogens (tertiary/aromatic N) is 2. The van der Waals surface area contributed by atoms with Crippen LogP contribution in [-0.4, -0.2) is 75.0 Å². The molecule has 1 aliphatic rings. The molecule has 1 fully saturated rings. The van der Waals surface area contributed by atoms with Crippen LogP contribution in [0, 0.1) is 0 Å². The van der Waals surface area contributed by atoms with Gasteiger partial charge in [-0.15, -0.1) is 0 Å². The summed E-state index contributed by atoms with van der Waals surface area (Å²) < 4.78 is 10.8. The van der Waals surface area contributed by atoms with E-state index in [4.69, 9.17) is 14.6 Å². The lowest BCUT2D eigenvalue weighted by atomic mass is 10.1. The summed E-state index contributed by atoms with van der Waals surface area (Å²) >= 11 is 0. The van der Waals surface area contributed by atoms with Crippen molar-refractivity contribution in [2.45, 2.75) is 12.8 Å². The van der Waals surface area contributed by atoms with Gasteiger partial charge < -0.3 is 24.4 Å². The number of piperazine rings is 1. The van der Waals surface area contributed by atoms with Gasteiger partial charge in [-0.3, -0.25) is 0 Å². The Morgan fingerprint density at radius 2 is 1.91 bits per heavy atom. The molecule has 0 aromatic heterocycles. The van der Waals surface area contributed by atoms with E-state index in [1.807, 2.05) is 12.1 Å². The first kappa shape index (κ1) is 17.1. The first-order valence-electron chi connectivity index (χ1n) is 8.04. The van der Waals surface area contributed by atoms with Crippen LogP contribution in [0.4, 0.5) is 0 Å². The Balaban J connectivity index is 1.80. The molecule has 5 nitrogen and oxygen atoms in total. The van der Waals surface area contributed by atoms with Gasteiger partial charge in [0.15, 0.2) is 11.5 Å². The zero-order valence-corrected chi connectivity index (χ0v) is 13.8. The summed E-state index contributed by atoms with van der Waals surface area (Å²) in [7, 11) is 3.83. The van der Waals surface area contributed by atoms with E-state index in [2.05, 4.69) is 22.9 Å². The molecule has 22 heavy (non-hydrogen) atoms. The first-order valence-corrected chi connectivity index (χ1v) is 8.04. The highest BCUT2D eigenvalue weighted by Gasteiger charge is 2.13. The summed E-state index contributed by atoms with van der Waals surface area (Å²) in [6.07, 6.45) is 2.20. The maximum Gasteiger partial charge on any atom is 0.161 e. The van der Waals surface area contributed by atoms with Crippen LogP contribution in [-0.2, 0) is 6.42 Å². The molecule has 1 heterocycles. The van der Waals surface area contributed by atoms with Gasteiger partial charge in [0.25, 0.3) is 0 Å². The molecule has 0 atom stereocenters. The van der Waals surface area contributed by atoms with Crippen LogP contribution in [0.15, 0.2) is 18.2 Å². The Morgan fingerprint density at radius 3 is 2.59 bits per heavy atom. The molecular weight excluding hydrogens is 280 g/mol. The molecule has 2 rings (SSSR count). The number of aliphatic hydroxyl groups is 1. The van der Waals surface area contributed by atoms with E-state index < -0.39 is 0 Å². The molecule has 1 N–H and O–H groups in total. The summed E-state index contributed by atoms with van der Waals surface area (Å²) in [5, 5.41) is 8.83. The molecule has 0 bridgehead atoms. The molecule has 0 radical (unpaired) electrons. The van der Waals surface area contributed by atoms with Crippen molar-refractivity contribution in [1.82, 2.24) is 9.80 Å². The van der Waals surface area contributed by atoms with Gasteiger partial charge in [-0.25, -0.2) is 0 Å². The minimum absolute atomic E-state index is 0.00985. The van der Waals surface area contributed by atoms with E-state index in [0.717, 1.165) is 25.1 Å². The second-order valence-corrected chi connectivity index (χ2v) is 5.81. The molecule has 1 aliphatic heterocycles. The molecule has 1 aromatic carbocycles. The fourth-order valence-electron chi connectivity index (χ4n) is 2.72. The van der Waals surface area contributed by atoms with Crippen molar-refractivity contribution in [2.24, 2.45) is 0 Å². The van der Waals surface area contributed by atoms with Crippen LogP contribution in [0.25, 0.3) is 0 Å². The van der Waals surface area contributed by atoms with E-state index in [1.54, 1.807) is 7.11 Å². The van der Waals surface area contributed by atoms with Gasteiger partial charge in [-0.2, -0.15) is 0 Å². The molecule has 1 aromatic rings. The maximum absolute atomic E-state index is 8.83. The summed E-state index contributed by atoms with van der Waals surface area (Å²) in [4.78, 5) is 4.92. The average molecular weight is 308 g/mol. The lowest BCUT2D eigenvalue weighted by Gasteiger charge is -2.32. The van der Waals surface area contributed by atoms with Gasteiger partial charge in [0, 0.05) is 26.2 Å². The topological polar surface area (TPSA) is 45.2 Å². The van der Waals surface area contributed by atoms with Gasteiger partial charge in [0.1, 0.15) is 6.61 Å². The number of hydrogen-bond donors (Lipinski definition) is 1. The Kier molecular flexibility index (Phi) is 6.96. The van der Waals surface area contributed by atoms with Gasteiger partial charge in [-0.05, 0) is 44.1 Å². The molecule has 1 saturated heterocycles. The number of likely N-dealkylation sites (N-methyl/N-ethyl adjacent to an activating group) is 1. The Labute approximate surface area is 133 Å². The quantitative estimate of drug-likeness (QED) is 0.783. The number of rotatable bonds is 8. The molecular formula is C17H28N2O3. The van der Waals surface area contributed by atoms with E-state index >= 15 is 0 Å². The lowest BCUT2D eigenvalue weighted by Crippen LogP contribution is -2.44. The average Bonchev–Trinajstić information content (AvgIpc) is 2.55. The minimum atomic E-state index is 0.00985. The largest absolute Gasteiger partial charge is 0.493 e. The fraction of sp³-hybridized carbons (Fsp3) is 0.647. The van der Waals surface area contributed by atoms with E-state index in [0.29, 0.717) is 12.4 Å². The Bertz CT molecular complexity index is 446. The number of ether oxygens (including phenoxy) is 2. The van der Waals surface area contributed by atoms with Crippen molar-refractivity contribution in [3.63, 3.8) is 0 Å². The lowest BCUT2D eigenvalue weighted by molar-refractivity contribution is 0.153. The summed E-state index contributed by atoms with van der Waals surface area (Å²) in [6, 6.07) is 6.05. The van der Waals surface area contributed by atoms with Crippen LogP contribution < -0.4 is 9.47 Å². The molecule has 0 aliphatic carbocycles. The Morgan fingerprint density at radius 1 is 1.14 bits per heavy atom. The SMILES string of the molecule is COc1cc(CCCN2CCN(C)CC2)ccc1OCCO. The molecule has 0 spiro atoms. The van der Waals surface area contributed by atoms with Crippen molar-refractivity contribution < 1.29 is 14.6 Å².